The highest BCUT2D eigenvalue weighted by molar-refractivity contribution is 6.56. The van der Waals surface area contributed by atoms with E-state index in [2.05, 4.69) is 0 Å². The molecule has 0 saturated carbocycles. The van der Waals surface area contributed by atoms with Crippen molar-refractivity contribution in [2.45, 2.75) is 6.18 Å². The molecule has 0 fully saturated rings. The van der Waals surface area contributed by atoms with Crippen LogP contribution >= 0.6 is 69.6 Å². The summed E-state index contributed by atoms with van der Waals surface area (Å²) in [5.74, 6) is 0. The second-order valence-electron chi connectivity index (χ2n) is 4.14. The third-order valence-electron chi connectivity index (χ3n) is 2.77. The van der Waals surface area contributed by atoms with Crippen molar-refractivity contribution < 1.29 is 13.2 Å². The average Bonchev–Trinajstić information content (AvgIpc) is 2.42. The van der Waals surface area contributed by atoms with E-state index in [1.54, 1.807) is 0 Å². The molecule has 0 aliphatic heterocycles. The van der Waals surface area contributed by atoms with Crippen LogP contribution in [0.1, 0.15) is 5.56 Å². The Balaban J connectivity index is 2.71. The fourth-order valence-corrected chi connectivity index (χ4v) is 3.40. The second kappa shape index (κ2) is 6.46. The number of alkyl halides is 3. The van der Waals surface area contributed by atoms with Gasteiger partial charge in [-0.3, -0.25) is 0 Å². The number of hydrogen-bond acceptors (Lipinski definition) is 0. The Kier molecular flexibility index (Phi) is 5.38. The molecule has 0 radical (unpaired) electrons. The highest BCUT2D eigenvalue weighted by atomic mass is 35.5. The molecule has 0 heterocycles. The smallest absolute Gasteiger partial charge is 0.166 e. The summed E-state index contributed by atoms with van der Waals surface area (Å²) in [5, 5.41) is -0.708. The minimum absolute atomic E-state index is 0.0307. The molecule has 0 aliphatic carbocycles. The number of hydrogen-bond donors (Lipinski definition) is 0. The van der Waals surface area contributed by atoms with Crippen molar-refractivity contribution in [1.29, 1.82) is 0 Å². The van der Waals surface area contributed by atoms with Gasteiger partial charge >= 0.3 is 6.18 Å². The van der Waals surface area contributed by atoms with E-state index < -0.39 is 16.8 Å². The third kappa shape index (κ3) is 3.26. The molecule has 2 aromatic carbocycles. The number of halogens is 9. The molecule has 0 spiro atoms. The molecule has 0 N–H and O–H groups in total. The molecule has 0 nitrogen and oxygen atoms in total. The van der Waals surface area contributed by atoms with Gasteiger partial charge in [-0.1, -0.05) is 75.7 Å². The van der Waals surface area contributed by atoms with Crippen molar-refractivity contribution in [3.05, 3.63) is 53.9 Å². The molecule has 22 heavy (non-hydrogen) atoms. The molecular formula is C13H3Cl6F3. The van der Waals surface area contributed by atoms with Crippen molar-refractivity contribution in [1.82, 2.24) is 0 Å². The van der Waals surface area contributed by atoms with E-state index in [1.807, 2.05) is 0 Å². The van der Waals surface area contributed by atoms with E-state index in [-0.39, 0.29) is 36.2 Å². The van der Waals surface area contributed by atoms with E-state index in [0.717, 1.165) is 12.1 Å². The van der Waals surface area contributed by atoms with Gasteiger partial charge < -0.3 is 0 Å². The number of benzene rings is 2. The molecule has 0 amide bonds. The van der Waals surface area contributed by atoms with Gasteiger partial charge in [0.2, 0.25) is 0 Å². The first-order valence-corrected chi connectivity index (χ1v) is 7.71. The van der Waals surface area contributed by atoms with Crippen LogP contribution in [0.3, 0.4) is 0 Å². The van der Waals surface area contributed by atoms with Crippen LogP contribution in [0.4, 0.5) is 13.2 Å². The highest BCUT2D eigenvalue weighted by Gasteiger charge is 2.33. The Morgan fingerprint density at radius 1 is 0.682 bits per heavy atom. The molecule has 0 atom stereocenters. The molecule has 0 bridgehead atoms. The maximum Gasteiger partial charge on any atom is 0.417 e. The Morgan fingerprint density at radius 3 is 1.55 bits per heavy atom. The number of rotatable bonds is 1. The van der Waals surface area contributed by atoms with Gasteiger partial charge in [0, 0.05) is 5.56 Å². The molecule has 118 valence electrons. The van der Waals surface area contributed by atoms with E-state index in [9.17, 15) is 13.2 Å². The molecular weight excluding hydrogens is 426 g/mol. The van der Waals surface area contributed by atoms with Gasteiger partial charge in [0.1, 0.15) is 0 Å². The summed E-state index contributed by atoms with van der Waals surface area (Å²) in [6.45, 7) is 0. The molecule has 0 unspecified atom stereocenters. The minimum Gasteiger partial charge on any atom is -0.166 e. The normalized spacial score (nSPS) is 11.9. The van der Waals surface area contributed by atoms with E-state index in [1.165, 1.54) is 6.07 Å². The summed E-state index contributed by atoms with van der Waals surface area (Å²) >= 11 is 35.5. The fourth-order valence-electron chi connectivity index (χ4n) is 1.76. The maximum atomic E-state index is 12.7. The summed E-state index contributed by atoms with van der Waals surface area (Å²) in [4.78, 5) is 0. The van der Waals surface area contributed by atoms with E-state index in [4.69, 9.17) is 69.6 Å². The highest BCUT2D eigenvalue weighted by Crippen LogP contribution is 2.49. The van der Waals surface area contributed by atoms with Crippen molar-refractivity contribution in [2.24, 2.45) is 0 Å². The summed E-state index contributed by atoms with van der Waals surface area (Å²) in [6, 6.07) is 3.07. The first-order valence-electron chi connectivity index (χ1n) is 5.44. The van der Waals surface area contributed by atoms with Gasteiger partial charge in [-0.15, -0.1) is 0 Å². The van der Waals surface area contributed by atoms with E-state index >= 15 is 0 Å². The van der Waals surface area contributed by atoms with Crippen LogP contribution < -0.4 is 0 Å². The SMILES string of the molecule is FC(F)(F)c1ccc(-c2c(Cl)c(Cl)c(Cl)c(Cl)c2Cl)cc1Cl. The summed E-state index contributed by atoms with van der Waals surface area (Å²) in [6.07, 6.45) is -4.57. The van der Waals surface area contributed by atoms with E-state index in [0.29, 0.717) is 0 Å². The summed E-state index contributed by atoms with van der Waals surface area (Å²) in [7, 11) is 0. The average molecular weight is 429 g/mol. The first kappa shape index (κ1) is 18.3. The van der Waals surface area contributed by atoms with Gasteiger partial charge in [-0.2, -0.15) is 13.2 Å². The maximum absolute atomic E-state index is 12.7. The van der Waals surface area contributed by atoms with Crippen LogP contribution in [0.2, 0.25) is 30.1 Å². The van der Waals surface area contributed by atoms with Crippen LogP contribution in [-0.4, -0.2) is 0 Å². The molecule has 2 aromatic rings. The Morgan fingerprint density at radius 2 is 1.14 bits per heavy atom. The summed E-state index contributed by atoms with van der Waals surface area (Å²) < 4.78 is 38.2. The molecule has 2 rings (SSSR count). The van der Waals surface area contributed by atoms with Crippen molar-refractivity contribution in [3.63, 3.8) is 0 Å². The minimum atomic E-state index is -4.57. The Labute approximate surface area is 153 Å². The van der Waals surface area contributed by atoms with Crippen LogP contribution in [0.5, 0.6) is 0 Å². The molecule has 0 saturated heterocycles. The van der Waals surface area contributed by atoms with Crippen LogP contribution in [0.15, 0.2) is 18.2 Å². The van der Waals surface area contributed by atoms with Gasteiger partial charge in [-0.25, -0.2) is 0 Å². The molecule has 0 aliphatic rings. The van der Waals surface area contributed by atoms with Crippen LogP contribution in [0.25, 0.3) is 11.1 Å². The van der Waals surface area contributed by atoms with Gasteiger partial charge in [0.25, 0.3) is 0 Å². The lowest BCUT2D eigenvalue weighted by atomic mass is 10.0. The lowest BCUT2D eigenvalue weighted by Gasteiger charge is -2.15. The third-order valence-corrected chi connectivity index (χ3v) is 5.36. The molecule has 9 heteroatoms. The largest absolute Gasteiger partial charge is 0.417 e. The van der Waals surface area contributed by atoms with Crippen molar-refractivity contribution in [2.75, 3.05) is 0 Å². The zero-order valence-corrected chi connectivity index (χ0v) is 14.7. The molecule has 0 aromatic heterocycles. The Hall–Kier alpha value is -0.0300. The van der Waals surface area contributed by atoms with Crippen LogP contribution in [0, 0.1) is 0 Å². The first-order chi connectivity index (χ1) is 10.1. The lowest BCUT2D eigenvalue weighted by molar-refractivity contribution is -0.137. The standard InChI is InChI=1S/C13H3Cl6F3/c14-6-3-4(1-2-5(6)13(20,21)22)7-8(15)10(17)12(19)11(18)9(7)16/h1-3H. The zero-order chi connectivity index (χ0) is 16.8. The van der Waals surface area contributed by atoms with Crippen molar-refractivity contribution >= 4 is 69.6 Å². The van der Waals surface area contributed by atoms with Crippen LogP contribution in [-0.2, 0) is 6.18 Å². The zero-order valence-electron chi connectivity index (χ0n) is 10.1. The Bertz CT molecular complexity index is 725. The van der Waals surface area contributed by atoms with Crippen molar-refractivity contribution in [3.8, 4) is 11.1 Å². The quantitative estimate of drug-likeness (QED) is 0.316. The predicted octanol–water partition coefficient (Wildman–Crippen LogP) is 8.29. The van der Waals surface area contributed by atoms with Gasteiger partial charge in [0.15, 0.2) is 0 Å². The monoisotopic (exact) mass is 426 g/mol. The van der Waals surface area contributed by atoms with Gasteiger partial charge in [0.05, 0.1) is 35.7 Å². The summed E-state index contributed by atoms with van der Waals surface area (Å²) in [5.41, 5.74) is -0.594. The topological polar surface area (TPSA) is 0 Å². The fraction of sp³-hybridized carbons (Fsp3) is 0.0769. The lowest BCUT2D eigenvalue weighted by Crippen LogP contribution is -2.05. The predicted molar refractivity (Wildman–Crippen MR) is 86.9 cm³/mol. The second-order valence-corrected chi connectivity index (χ2v) is 6.43. The van der Waals surface area contributed by atoms with Gasteiger partial charge in [-0.05, 0) is 17.7 Å².